The second kappa shape index (κ2) is 8.60. The van der Waals surface area contributed by atoms with Crippen molar-refractivity contribution in [3.8, 4) is 0 Å². The van der Waals surface area contributed by atoms with Crippen molar-refractivity contribution in [3.05, 3.63) is 29.8 Å². The largest absolute Gasteiger partial charge is 0.358 e. The minimum absolute atomic E-state index is 0.0328. The monoisotopic (exact) mass is 296 g/mol. The average Bonchev–Trinajstić information content (AvgIpc) is 2.45. The molecular formula is C14H22N3O2S+. The maximum atomic E-state index is 11.6. The lowest BCUT2D eigenvalue weighted by Crippen LogP contribution is -3.08. The van der Waals surface area contributed by atoms with E-state index in [-0.39, 0.29) is 18.4 Å². The van der Waals surface area contributed by atoms with E-state index in [2.05, 4.69) is 34.9 Å². The lowest BCUT2D eigenvalue weighted by atomic mass is 10.2. The second-order valence-electron chi connectivity index (χ2n) is 4.61. The number of quaternary nitrogens is 1. The van der Waals surface area contributed by atoms with Crippen LogP contribution in [-0.2, 0) is 16.1 Å². The van der Waals surface area contributed by atoms with E-state index < -0.39 is 0 Å². The first-order chi connectivity index (χ1) is 9.55. The number of carbonyl (C=O) groups excluding carboxylic acids is 2. The normalized spacial score (nSPS) is 11.8. The van der Waals surface area contributed by atoms with Crippen LogP contribution in [0.25, 0.3) is 0 Å². The highest BCUT2D eigenvalue weighted by molar-refractivity contribution is 7.98. The van der Waals surface area contributed by atoms with Gasteiger partial charge in [0.15, 0.2) is 6.54 Å². The minimum Gasteiger partial charge on any atom is -0.358 e. The van der Waals surface area contributed by atoms with Crippen LogP contribution in [0.15, 0.2) is 29.2 Å². The summed E-state index contributed by atoms with van der Waals surface area (Å²) in [7, 11) is 3.51. The Morgan fingerprint density at radius 3 is 2.40 bits per heavy atom. The molecule has 110 valence electrons. The van der Waals surface area contributed by atoms with Crippen LogP contribution >= 0.6 is 11.8 Å². The van der Waals surface area contributed by atoms with Crippen LogP contribution in [0.1, 0.15) is 5.56 Å². The van der Waals surface area contributed by atoms with E-state index in [1.165, 1.54) is 10.5 Å². The maximum absolute atomic E-state index is 11.6. The molecule has 0 aliphatic carbocycles. The molecule has 0 saturated heterocycles. The van der Waals surface area contributed by atoms with Crippen molar-refractivity contribution in [1.82, 2.24) is 10.6 Å². The molecule has 3 N–H and O–H groups in total. The number of benzene rings is 1. The molecule has 1 unspecified atom stereocenters. The number of likely N-dealkylation sites (N-methyl/N-ethyl adjacent to an activating group) is 2. The van der Waals surface area contributed by atoms with Crippen LogP contribution in [0, 0.1) is 0 Å². The Kier molecular flexibility index (Phi) is 7.11. The van der Waals surface area contributed by atoms with Gasteiger partial charge in [-0.2, -0.15) is 0 Å². The summed E-state index contributed by atoms with van der Waals surface area (Å²) in [4.78, 5) is 25.0. The van der Waals surface area contributed by atoms with E-state index in [9.17, 15) is 9.59 Å². The Bertz CT molecular complexity index is 448. The number of amides is 2. The van der Waals surface area contributed by atoms with Crippen LogP contribution in [0.3, 0.4) is 0 Å². The van der Waals surface area contributed by atoms with Crippen LogP contribution in [0.2, 0.25) is 0 Å². The standard InChI is InChI=1S/C14H21N3O2S/c1-15-13(18)8-16-14(19)10-17(2)9-11-4-6-12(20-3)7-5-11/h4-7H,8-10H2,1-3H3,(H,15,18)(H,16,19)/p+1. The van der Waals surface area contributed by atoms with Crippen molar-refractivity contribution in [2.24, 2.45) is 0 Å². The Balaban J connectivity index is 2.36. The van der Waals surface area contributed by atoms with E-state index in [4.69, 9.17) is 0 Å². The number of nitrogens with one attached hydrogen (secondary N) is 3. The van der Waals surface area contributed by atoms with E-state index in [1.807, 2.05) is 13.3 Å². The van der Waals surface area contributed by atoms with E-state index in [1.54, 1.807) is 18.8 Å². The van der Waals surface area contributed by atoms with Crippen molar-refractivity contribution in [3.63, 3.8) is 0 Å². The van der Waals surface area contributed by atoms with Gasteiger partial charge in [0.05, 0.1) is 13.6 Å². The molecule has 0 heterocycles. The summed E-state index contributed by atoms with van der Waals surface area (Å²) in [6, 6.07) is 8.33. The van der Waals surface area contributed by atoms with E-state index >= 15 is 0 Å². The molecule has 6 heteroatoms. The fourth-order valence-electron chi connectivity index (χ4n) is 1.76. The zero-order valence-corrected chi connectivity index (χ0v) is 13.0. The third-order valence-electron chi connectivity index (χ3n) is 2.85. The molecule has 5 nitrogen and oxygen atoms in total. The van der Waals surface area contributed by atoms with Crippen LogP contribution in [0.5, 0.6) is 0 Å². The molecule has 0 spiro atoms. The summed E-state index contributed by atoms with van der Waals surface area (Å²) < 4.78 is 0. The highest BCUT2D eigenvalue weighted by atomic mass is 32.2. The third kappa shape index (κ3) is 6.08. The summed E-state index contributed by atoms with van der Waals surface area (Å²) in [6.07, 6.45) is 2.04. The van der Waals surface area contributed by atoms with Gasteiger partial charge in [0.2, 0.25) is 5.91 Å². The first-order valence-corrected chi connectivity index (χ1v) is 7.69. The van der Waals surface area contributed by atoms with Crippen molar-refractivity contribution in [2.75, 3.05) is 33.4 Å². The van der Waals surface area contributed by atoms with Gasteiger partial charge in [-0.05, 0) is 18.4 Å². The molecule has 1 atom stereocenters. The van der Waals surface area contributed by atoms with Gasteiger partial charge in [-0.25, -0.2) is 0 Å². The third-order valence-corrected chi connectivity index (χ3v) is 3.60. The van der Waals surface area contributed by atoms with Gasteiger partial charge >= 0.3 is 0 Å². The Morgan fingerprint density at radius 2 is 1.85 bits per heavy atom. The van der Waals surface area contributed by atoms with Gasteiger partial charge in [-0.3, -0.25) is 9.59 Å². The van der Waals surface area contributed by atoms with Gasteiger partial charge in [-0.1, -0.05) is 12.1 Å². The van der Waals surface area contributed by atoms with Crippen molar-refractivity contribution < 1.29 is 14.5 Å². The number of rotatable bonds is 7. The lowest BCUT2D eigenvalue weighted by molar-refractivity contribution is -0.885. The molecule has 1 rings (SSSR count). The Labute approximate surface area is 124 Å². The predicted molar refractivity (Wildman–Crippen MR) is 80.8 cm³/mol. The summed E-state index contributed by atoms with van der Waals surface area (Å²) in [5.74, 6) is -0.310. The molecule has 0 saturated carbocycles. The molecule has 0 radical (unpaired) electrons. The van der Waals surface area contributed by atoms with Gasteiger partial charge in [-0.15, -0.1) is 11.8 Å². The molecule has 1 aromatic carbocycles. The zero-order chi connectivity index (χ0) is 15.0. The zero-order valence-electron chi connectivity index (χ0n) is 12.2. The number of hydrogen-bond donors (Lipinski definition) is 3. The highest BCUT2D eigenvalue weighted by Gasteiger charge is 2.11. The Hall–Kier alpha value is -1.53. The second-order valence-corrected chi connectivity index (χ2v) is 5.49. The Morgan fingerprint density at radius 1 is 1.20 bits per heavy atom. The molecule has 2 amide bonds. The van der Waals surface area contributed by atoms with Crippen molar-refractivity contribution >= 4 is 23.6 Å². The first-order valence-electron chi connectivity index (χ1n) is 6.46. The quantitative estimate of drug-likeness (QED) is 0.582. The fraction of sp³-hybridized carbons (Fsp3) is 0.429. The molecular weight excluding hydrogens is 274 g/mol. The predicted octanol–water partition coefficient (Wildman–Crippen LogP) is -0.715. The molecule has 0 aliphatic rings. The highest BCUT2D eigenvalue weighted by Crippen LogP contribution is 2.14. The number of carbonyl (C=O) groups is 2. The smallest absolute Gasteiger partial charge is 0.275 e. The number of thioether (sulfide) groups is 1. The van der Waals surface area contributed by atoms with Crippen LogP contribution < -0.4 is 15.5 Å². The van der Waals surface area contributed by atoms with Gasteiger partial charge in [0.1, 0.15) is 6.54 Å². The fourth-order valence-corrected chi connectivity index (χ4v) is 2.17. The van der Waals surface area contributed by atoms with Gasteiger partial charge in [0, 0.05) is 17.5 Å². The first kappa shape index (κ1) is 16.5. The van der Waals surface area contributed by atoms with Crippen LogP contribution in [0.4, 0.5) is 0 Å². The number of hydrogen-bond acceptors (Lipinski definition) is 3. The topological polar surface area (TPSA) is 62.6 Å². The average molecular weight is 296 g/mol. The summed E-state index contributed by atoms with van der Waals surface area (Å²) >= 11 is 1.71. The van der Waals surface area contributed by atoms with Crippen molar-refractivity contribution in [1.29, 1.82) is 0 Å². The summed E-state index contributed by atoms with van der Waals surface area (Å²) in [6.45, 7) is 1.16. The SMILES string of the molecule is CNC(=O)CNC(=O)C[NH+](C)Cc1ccc(SC)cc1. The maximum Gasteiger partial charge on any atom is 0.275 e. The molecule has 0 aromatic heterocycles. The molecule has 1 aromatic rings. The van der Waals surface area contributed by atoms with Gasteiger partial charge in [0.25, 0.3) is 5.91 Å². The van der Waals surface area contributed by atoms with Gasteiger partial charge < -0.3 is 15.5 Å². The molecule has 0 fully saturated rings. The summed E-state index contributed by atoms with van der Waals surface area (Å²) in [5, 5.41) is 5.05. The van der Waals surface area contributed by atoms with Crippen molar-refractivity contribution in [2.45, 2.75) is 11.4 Å². The molecule has 20 heavy (non-hydrogen) atoms. The van der Waals surface area contributed by atoms with E-state index in [0.717, 1.165) is 11.4 Å². The van der Waals surface area contributed by atoms with Crippen LogP contribution in [-0.4, -0.2) is 45.3 Å². The summed E-state index contributed by atoms with van der Waals surface area (Å²) in [5.41, 5.74) is 1.19. The lowest BCUT2D eigenvalue weighted by Gasteiger charge is -2.14. The van der Waals surface area contributed by atoms with E-state index in [0.29, 0.717) is 6.54 Å². The minimum atomic E-state index is -0.191. The molecule has 0 aliphatic heterocycles. The molecule has 0 bridgehead atoms.